The number of hydrogen-bond acceptors (Lipinski definition) is 4. The number of thioether (sulfide) groups is 1. The molecule has 1 fully saturated rings. The number of amides is 2. The molecule has 0 spiro atoms. The van der Waals surface area contributed by atoms with Gasteiger partial charge in [0.15, 0.2) is 0 Å². The van der Waals surface area contributed by atoms with Gasteiger partial charge in [0.1, 0.15) is 10.8 Å². The van der Waals surface area contributed by atoms with Crippen LogP contribution >= 0.6 is 35.0 Å². The summed E-state index contributed by atoms with van der Waals surface area (Å²) in [6.45, 7) is 0. The molecule has 1 aromatic carbocycles. The number of anilines is 1. The van der Waals surface area contributed by atoms with Crippen molar-refractivity contribution in [2.24, 2.45) is 0 Å². The van der Waals surface area contributed by atoms with E-state index in [9.17, 15) is 27.2 Å². The van der Waals surface area contributed by atoms with Crippen LogP contribution in [0.2, 0.25) is 10.0 Å². The predicted molar refractivity (Wildman–Crippen MR) is 92.4 cm³/mol. The number of aromatic nitrogens is 1. The Balaban J connectivity index is 1.84. The topological polar surface area (TPSA) is 50.3 Å². The fourth-order valence-corrected chi connectivity index (χ4v) is 3.86. The normalized spacial score (nSPS) is 17.7. The second kappa shape index (κ2) is 7.29. The Morgan fingerprint density at radius 3 is 2.48 bits per heavy atom. The minimum atomic E-state index is -4.61. The second-order valence-electron chi connectivity index (χ2n) is 5.48. The first-order chi connectivity index (χ1) is 12.6. The minimum Gasteiger partial charge on any atom is -0.274 e. The van der Waals surface area contributed by atoms with Crippen molar-refractivity contribution < 1.29 is 27.2 Å². The van der Waals surface area contributed by atoms with Gasteiger partial charge in [0.2, 0.25) is 11.8 Å². The van der Waals surface area contributed by atoms with E-state index in [0.717, 1.165) is 17.8 Å². The molecule has 2 amide bonds. The summed E-state index contributed by atoms with van der Waals surface area (Å²) < 4.78 is 52.0. The van der Waals surface area contributed by atoms with E-state index in [2.05, 4.69) is 4.98 Å². The summed E-state index contributed by atoms with van der Waals surface area (Å²) in [6, 6.07) is 4.18. The zero-order valence-electron chi connectivity index (χ0n) is 13.1. The molecule has 1 atom stereocenters. The molecule has 27 heavy (non-hydrogen) atoms. The van der Waals surface area contributed by atoms with Gasteiger partial charge < -0.3 is 0 Å². The van der Waals surface area contributed by atoms with Crippen molar-refractivity contribution in [2.75, 3.05) is 4.90 Å². The Hall–Kier alpha value is -1.84. The van der Waals surface area contributed by atoms with E-state index in [-0.39, 0.29) is 27.2 Å². The number of imide groups is 1. The van der Waals surface area contributed by atoms with Gasteiger partial charge in [-0.2, -0.15) is 13.2 Å². The van der Waals surface area contributed by atoms with Crippen LogP contribution < -0.4 is 4.90 Å². The van der Waals surface area contributed by atoms with Gasteiger partial charge in [0.05, 0.1) is 21.5 Å². The van der Waals surface area contributed by atoms with Crippen LogP contribution in [0, 0.1) is 5.82 Å². The third-order valence-electron chi connectivity index (χ3n) is 3.64. The maximum Gasteiger partial charge on any atom is 0.417 e. The molecule has 1 aliphatic rings. The van der Waals surface area contributed by atoms with Crippen molar-refractivity contribution in [3.8, 4) is 0 Å². The predicted octanol–water partition coefficient (Wildman–Crippen LogP) is 4.97. The zero-order valence-corrected chi connectivity index (χ0v) is 15.4. The summed E-state index contributed by atoms with van der Waals surface area (Å²) in [5, 5.41) is -1.23. The molecular formula is C16H8Cl2F4N2O2S. The number of hydrogen-bond donors (Lipinski definition) is 0. The van der Waals surface area contributed by atoms with Crippen LogP contribution in [0.3, 0.4) is 0 Å². The van der Waals surface area contributed by atoms with Crippen LogP contribution in [-0.2, 0) is 15.8 Å². The van der Waals surface area contributed by atoms with E-state index in [1.807, 2.05) is 0 Å². The second-order valence-corrected chi connectivity index (χ2v) is 7.52. The molecule has 0 radical (unpaired) electrons. The Morgan fingerprint density at radius 2 is 1.89 bits per heavy atom. The van der Waals surface area contributed by atoms with Crippen molar-refractivity contribution >= 4 is 52.5 Å². The SMILES string of the molecule is O=C1CC(Sc2ncc(C(F)(F)F)cc2Cl)C(=O)N1c1ccc(Cl)cc1F. The molecule has 4 nitrogen and oxygen atoms in total. The maximum absolute atomic E-state index is 14.0. The zero-order chi connectivity index (χ0) is 19.9. The lowest BCUT2D eigenvalue weighted by molar-refractivity contribution is -0.138. The number of nitrogens with zero attached hydrogens (tertiary/aromatic N) is 2. The molecule has 0 bridgehead atoms. The van der Waals surface area contributed by atoms with Crippen LogP contribution in [0.4, 0.5) is 23.2 Å². The van der Waals surface area contributed by atoms with Crippen molar-refractivity contribution in [3.05, 3.63) is 51.9 Å². The van der Waals surface area contributed by atoms with Crippen LogP contribution in [0.1, 0.15) is 12.0 Å². The fourth-order valence-electron chi connectivity index (χ4n) is 2.41. The quantitative estimate of drug-likeness (QED) is 0.501. The molecule has 11 heteroatoms. The molecule has 0 aliphatic carbocycles. The lowest BCUT2D eigenvalue weighted by atomic mass is 10.3. The first-order valence-electron chi connectivity index (χ1n) is 7.29. The molecule has 0 saturated carbocycles. The highest BCUT2D eigenvalue weighted by Gasteiger charge is 2.42. The Morgan fingerprint density at radius 1 is 1.19 bits per heavy atom. The van der Waals surface area contributed by atoms with Gasteiger partial charge in [-0.15, -0.1) is 0 Å². The molecule has 2 aromatic rings. The molecule has 142 valence electrons. The van der Waals surface area contributed by atoms with E-state index in [1.165, 1.54) is 12.1 Å². The third-order valence-corrected chi connectivity index (χ3v) is 5.48. The first kappa shape index (κ1) is 19.9. The molecule has 2 heterocycles. The third kappa shape index (κ3) is 4.04. The minimum absolute atomic E-state index is 0.0331. The number of benzene rings is 1. The largest absolute Gasteiger partial charge is 0.417 e. The van der Waals surface area contributed by atoms with Crippen LogP contribution in [-0.4, -0.2) is 22.0 Å². The number of carbonyl (C=O) groups excluding carboxylic acids is 2. The number of rotatable bonds is 3. The van der Waals surface area contributed by atoms with Crippen molar-refractivity contribution in [2.45, 2.75) is 22.9 Å². The average Bonchev–Trinajstić information content (AvgIpc) is 2.83. The highest BCUT2D eigenvalue weighted by Crippen LogP contribution is 2.39. The number of halogens is 6. The molecule has 0 N–H and O–H groups in total. The summed E-state index contributed by atoms with van der Waals surface area (Å²) in [7, 11) is 0. The number of carbonyl (C=O) groups is 2. The number of alkyl halides is 3. The van der Waals surface area contributed by atoms with Gasteiger partial charge in [-0.3, -0.25) is 9.59 Å². The molecule has 1 unspecified atom stereocenters. The lowest BCUT2D eigenvalue weighted by Crippen LogP contribution is -2.31. The van der Waals surface area contributed by atoms with Crippen molar-refractivity contribution in [1.29, 1.82) is 0 Å². The van der Waals surface area contributed by atoms with Gasteiger partial charge in [-0.25, -0.2) is 14.3 Å². The molecule has 1 saturated heterocycles. The molecule has 1 aromatic heterocycles. The highest BCUT2D eigenvalue weighted by molar-refractivity contribution is 8.00. The standard InChI is InChI=1S/C16H8Cl2F4N2O2S/c17-8-1-2-11(10(19)4-8)24-13(25)5-12(15(24)26)27-14-9(18)3-7(6-23-14)16(20,21)22/h1-4,6,12H,5H2. The summed E-state index contributed by atoms with van der Waals surface area (Å²) >= 11 is 12.2. The summed E-state index contributed by atoms with van der Waals surface area (Å²) in [6.07, 6.45) is -4.29. The van der Waals surface area contributed by atoms with Gasteiger partial charge in [0, 0.05) is 17.6 Å². The van der Waals surface area contributed by atoms with E-state index >= 15 is 0 Å². The van der Waals surface area contributed by atoms with Gasteiger partial charge in [0.25, 0.3) is 0 Å². The van der Waals surface area contributed by atoms with E-state index in [0.29, 0.717) is 17.2 Å². The van der Waals surface area contributed by atoms with Gasteiger partial charge >= 0.3 is 6.18 Å². The van der Waals surface area contributed by atoms with E-state index in [4.69, 9.17) is 23.2 Å². The average molecular weight is 439 g/mol. The molecular weight excluding hydrogens is 431 g/mol. The lowest BCUT2D eigenvalue weighted by Gasteiger charge is -2.16. The van der Waals surface area contributed by atoms with Gasteiger partial charge in [-0.05, 0) is 24.3 Å². The number of pyridine rings is 1. The summed E-state index contributed by atoms with van der Waals surface area (Å²) in [5.41, 5.74) is -1.28. The Labute approximate surface area is 164 Å². The Kier molecular flexibility index (Phi) is 5.38. The van der Waals surface area contributed by atoms with Crippen molar-refractivity contribution in [1.82, 2.24) is 4.98 Å². The smallest absolute Gasteiger partial charge is 0.274 e. The van der Waals surface area contributed by atoms with Crippen LogP contribution in [0.25, 0.3) is 0 Å². The van der Waals surface area contributed by atoms with Crippen LogP contribution in [0.15, 0.2) is 35.5 Å². The Bertz CT molecular complexity index is 939. The van der Waals surface area contributed by atoms with E-state index in [1.54, 1.807) is 0 Å². The summed E-state index contributed by atoms with van der Waals surface area (Å²) in [4.78, 5) is 29.0. The van der Waals surface area contributed by atoms with Crippen LogP contribution in [0.5, 0.6) is 0 Å². The highest BCUT2D eigenvalue weighted by atomic mass is 35.5. The van der Waals surface area contributed by atoms with E-state index < -0.39 is 34.6 Å². The first-order valence-corrected chi connectivity index (χ1v) is 8.92. The fraction of sp³-hybridized carbons (Fsp3) is 0.188. The van der Waals surface area contributed by atoms with Crippen molar-refractivity contribution in [3.63, 3.8) is 0 Å². The summed E-state index contributed by atoms with van der Waals surface area (Å²) in [5.74, 6) is -2.22. The van der Waals surface area contributed by atoms with Gasteiger partial charge in [-0.1, -0.05) is 35.0 Å². The molecule has 3 rings (SSSR count). The maximum atomic E-state index is 14.0. The monoisotopic (exact) mass is 438 g/mol. The molecule has 1 aliphatic heterocycles.